The molecule has 0 saturated heterocycles. The number of nitrogens with zero attached hydrogens (tertiary/aromatic N) is 6. The zero-order chi connectivity index (χ0) is 29.1. The van der Waals surface area contributed by atoms with Crippen LogP contribution in [0.4, 0.5) is 18.9 Å². The van der Waals surface area contributed by atoms with Gasteiger partial charge in [-0.1, -0.05) is 0 Å². The smallest absolute Gasteiger partial charge is 0.435 e. The molecule has 0 radical (unpaired) electrons. The Morgan fingerprint density at radius 3 is 2.51 bits per heavy atom. The van der Waals surface area contributed by atoms with E-state index < -0.39 is 11.9 Å². The molecule has 11 heteroatoms. The summed E-state index contributed by atoms with van der Waals surface area (Å²) >= 11 is 0. The zero-order valence-electron chi connectivity index (χ0n) is 23.0. The number of ether oxygens (including phenoxy) is 1. The summed E-state index contributed by atoms with van der Waals surface area (Å²) < 4.78 is 50.6. The van der Waals surface area contributed by atoms with Crippen LogP contribution in [0.2, 0.25) is 0 Å². The molecule has 8 nitrogen and oxygen atoms in total. The number of anilines is 1. The van der Waals surface area contributed by atoms with Crippen LogP contribution in [0.15, 0.2) is 55.1 Å². The van der Waals surface area contributed by atoms with E-state index in [1.165, 1.54) is 13.2 Å². The van der Waals surface area contributed by atoms with Gasteiger partial charge in [0, 0.05) is 55.2 Å². The van der Waals surface area contributed by atoms with E-state index in [0.717, 1.165) is 27.0 Å². The van der Waals surface area contributed by atoms with Crippen molar-refractivity contribution in [1.82, 2.24) is 24.3 Å². The number of pyridine rings is 1. The predicted octanol–water partition coefficient (Wildman–Crippen LogP) is 5.73. The summed E-state index contributed by atoms with van der Waals surface area (Å²) in [4.78, 5) is 24.7. The number of aromatic nitrogens is 5. The van der Waals surface area contributed by atoms with Crippen LogP contribution < -0.4 is 9.64 Å². The number of carbonyl (C=O) groups excluding carboxylic acids is 1. The van der Waals surface area contributed by atoms with Crippen LogP contribution in [0, 0.1) is 13.8 Å². The maximum Gasteiger partial charge on any atom is 0.435 e. The van der Waals surface area contributed by atoms with Crippen molar-refractivity contribution < 1.29 is 22.7 Å². The quantitative estimate of drug-likeness (QED) is 0.275. The highest BCUT2D eigenvalue weighted by Gasteiger charge is 2.39. The van der Waals surface area contributed by atoms with Gasteiger partial charge in [0.25, 0.3) is 5.91 Å². The molecular weight excluding hydrogens is 533 g/mol. The zero-order valence-corrected chi connectivity index (χ0v) is 23.0. The van der Waals surface area contributed by atoms with E-state index in [0.29, 0.717) is 46.7 Å². The average Bonchev–Trinajstić information content (AvgIpc) is 3.53. The van der Waals surface area contributed by atoms with Gasteiger partial charge in [-0.15, -0.1) is 0 Å². The molecule has 0 unspecified atom stereocenters. The maximum absolute atomic E-state index is 14.2. The van der Waals surface area contributed by atoms with Gasteiger partial charge in [0.05, 0.1) is 24.5 Å². The highest BCUT2D eigenvalue weighted by atomic mass is 19.4. The molecule has 0 bridgehead atoms. The Kier molecular flexibility index (Phi) is 6.32. The first-order valence-electron chi connectivity index (χ1n) is 13.0. The Labute approximate surface area is 234 Å². The second-order valence-corrected chi connectivity index (χ2v) is 10.3. The Hall–Kier alpha value is -4.67. The van der Waals surface area contributed by atoms with Crippen molar-refractivity contribution in [2.24, 2.45) is 7.05 Å². The topological polar surface area (TPSA) is 78.1 Å². The van der Waals surface area contributed by atoms with Crippen LogP contribution in [-0.2, 0) is 26.2 Å². The highest BCUT2D eigenvalue weighted by Crippen LogP contribution is 2.41. The van der Waals surface area contributed by atoms with Crippen molar-refractivity contribution in [3.8, 4) is 16.9 Å². The maximum atomic E-state index is 14.2. The number of hydrogen-bond acceptors (Lipinski definition) is 5. The largest absolute Gasteiger partial charge is 0.495 e. The Morgan fingerprint density at radius 2 is 1.80 bits per heavy atom. The Balaban J connectivity index is 1.54. The van der Waals surface area contributed by atoms with E-state index in [-0.39, 0.29) is 18.0 Å². The van der Waals surface area contributed by atoms with E-state index in [9.17, 15) is 18.0 Å². The van der Waals surface area contributed by atoms with Gasteiger partial charge in [-0.3, -0.25) is 14.5 Å². The lowest BCUT2D eigenvalue weighted by molar-refractivity contribution is -0.140. The molecule has 2 aromatic carbocycles. The van der Waals surface area contributed by atoms with Crippen LogP contribution in [0.3, 0.4) is 0 Å². The second-order valence-electron chi connectivity index (χ2n) is 10.3. The first kappa shape index (κ1) is 26.5. The first-order valence-corrected chi connectivity index (χ1v) is 13.0. The summed E-state index contributed by atoms with van der Waals surface area (Å²) in [6.07, 6.45) is 2.16. The molecule has 4 heterocycles. The number of methoxy groups -OCH3 is 1. The number of fused-ring (bicyclic) bond motifs is 2. The van der Waals surface area contributed by atoms with Gasteiger partial charge in [-0.2, -0.15) is 18.3 Å². The number of rotatable bonds is 5. The van der Waals surface area contributed by atoms with Gasteiger partial charge in [0.1, 0.15) is 11.6 Å². The third-order valence-electron chi connectivity index (χ3n) is 7.46. The van der Waals surface area contributed by atoms with Crippen LogP contribution in [-0.4, -0.2) is 43.9 Å². The van der Waals surface area contributed by atoms with Crippen LogP contribution >= 0.6 is 0 Å². The number of hydrogen-bond donors (Lipinski definition) is 0. The lowest BCUT2D eigenvalue weighted by atomic mass is 9.87. The fraction of sp³-hybridized carbons (Fsp3) is 0.267. The van der Waals surface area contributed by atoms with Gasteiger partial charge in [0.2, 0.25) is 0 Å². The second kappa shape index (κ2) is 9.76. The number of imidazole rings is 1. The molecule has 0 N–H and O–H groups in total. The van der Waals surface area contributed by atoms with Gasteiger partial charge in [0.15, 0.2) is 5.69 Å². The fourth-order valence-corrected chi connectivity index (χ4v) is 5.55. The highest BCUT2D eigenvalue weighted by molar-refractivity contribution is 6.13. The van der Waals surface area contributed by atoms with Crippen molar-refractivity contribution >= 4 is 22.5 Å². The Bertz CT molecular complexity index is 1820. The van der Waals surface area contributed by atoms with Crippen LogP contribution in [0.5, 0.6) is 5.75 Å². The molecular formula is C30H27F3N6O2. The van der Waals surface area contributed by atoms with Gasteiger partial charge in [-0.25, -0.2) is 4.98 Å². The Morgan fingerprint density at radius 1 is 1.02 bits per heavy atom. The van der Waals surface area contributed by atoms with Crippen LogP contribution in [0.25, 0.3) is 22.0 Å². The lowest BCUT2D eigenvalue weighted by Gasteiger charge is -2.31. The van der Waals surface area contributed by atoms with Crippen molar-refractivity contribution in [3.05, 3.63) is 88.9 Å². The van der Waals surface area contributed by atoms with Crippen molar-refractivity contribution in [3.63, 3.8) is 0 Å². The molecule has 0 spiro atoms. The molecule has 210 valence electrons. The fourth-order valence-electron chi connectivity index (χ4n) is 5.55. The molecule has 1 amide bonds. The minimum Gasteiger partial charge on any atom is -0.495 e. The summed E-state index contributed by atoms with van der Waals surface area (Å²) in [7, 11) is 3.01. The molecule has 0 aliphatic carbocycles. The SMILES string of the molecule is COc1cnc2cc(C)cc(N3CCc4c(cc(Cn5ccnc5C)cc4-c4cn(C)nc4C(F)(F)F)C3=O)c2c1. The standard InChI is InChI=1S/C30H27F3N6O2/c1-17-9-26-24(13-20(41-4)14-35-26)27(10-17)39-7-5-21-22(25-16-37(3)36-28(25)30(31,32)33)11-19(12-23(21)29(39)40)15-38-8-6-34-18(38)2/h6,8-14,16H,5,7,15H2,1-4H3. The molecule has 41 heavy (non-hydrogen) atoms. The minimum absolute atomic E-state index is 0.0448. The van der Waals surface area contributed by atoms with Crippen LogP contribution in [0.1, 0.15) is 38.6 Å². The number of carbonyl (C=O) groups is 1. The van der Waals surface area contributed by atoms with Crippen molar-refractivity contribution in [2.45, 2.75) is 33.0 Å². The molecule has 1 aliphatic rings. The third-order valence-corrected chi connectivity index (χ3v) is 7.46. The molecule has 1 aliphatic heterocycles. The number of amides is 1. The average molecular weight is 561 g/mol. The van der Waals surface area contributed by atoms with Gasteiger partial charge in [-0.05, 0) is 72.9 Å². The summed E-state index contributed by atoms with van der Waals surface area (Å²) in [6.45, 7) is 4.41. The number of benzene rings is 2. The number of halogens is 3. The lowest BCUT2D eigenvalue weighted by Crippen LogP contribution is -2.38. The summed E-state index contributed by atoms with van der Waals surface area (Å²) in [6, 6.07) is 9.23. The van der Waals surface area contributed by atoms with E-state index in [4.69, 9.17) is 4.74 Å². The molecule has 0 fully saturated rings. The van der Waals surface area contributed by atoms with Gasteiger partial charge >= 0.3 is 6.18 Å². The van der Waals surface area contributed by atoms with E-state index in [1.807, 2.05) is 36.6 Å². The molecule has 6 rings (SSSR count). The summed E-state index contributed by atoms with van der Waals surface area (Å²) in [5.74, 6) is 1.02. The van der Waals surface area contributed by atoms with E-state index in [2.05, 4.69) is 15.1 Å². The van der Waals surface area contributed by atoms with E-state index in [1.54, 1.807) is 42.7 Å². The summed E-state index contributed by atoms with van der Waals surface area (Å²) in [5, 5.41) is 4.48. The predicted molar refractivity (Wildman–Crippen MR) is 148 cm³/mol. The molecule has 0 atom stereocenters. The minimum atomic E-state index is -4.66. The molecule has 0 saturated carbocycles. The van der Waals surface area contributed by atoms with Gasteiger partial charge < -0.3 is 14.2 Å². The normalized spacial score (nSPS) is 13.6. The monoisotopic (exact) mass is 560 g/mol. The molecule has 3 aromatic heterocycles. The van der Waals surface area contributed by atoms with Crippen molar-refractivity contribution in [1.29, 1.82) is 0 Å². The van der Waals surface area contributed by atoms with E-state index >= 15 is 0 Å². The summed E-state index contributed by atoms with van der Waals surface area (Å²) in [5.41, 5.74) is 3.29. The molecule has 5 aromatic rings. The van der Waals surface area contributed by atoms with Crippen molar-refractivity contribution in [2.75, 3.05) is 18.6 Å². The number of alkyl halides is 3. The first-order chi connectivity index (χ1) is 19.5. The third kappa shape index (κ3) is 4.71. The number of aryl methyl sites for hydroxylation is 3.